The van der Waals surface area contributed by atoms with Gasteiger partial charge in [-0.3, -0.25) is 19.6 Å². The number of ether oxygens (including phenoxy) is 3. The van der Waals surface area contributed by atoms with Crippen LogP contribution < -0.4 is 24.6 Å². The summed E-state index contributed by atoms with van der Waals surface area (Å²) in [6.07, 6.45) is 1.19. The molecule has 0 radical (unpaired) electrons. The number of carbonyl (C=O) groups is 2. The van der Waals surface area contributed by atoms with Gasteiger partial charge in [0, 0.05) is 50.7 Å². The van der Waals surface area contributed by atoms with Gasteiger partial charge in [-0.15, -0.1) is 0 Å². The molecule has 3 aliphatic heterocycles. The summed E-state index contributed by atoms with van der Waals surface area (Å²) in [6.45, 7) is 4.43. The zero-order valence-corrected chi connectivity index (χ0v) is 19.8. The standard InChI is InChI=1S/C25H26N6O5/c1-34-23-5-3-18-24(28-23)20(6-7-26-18)30-10-8-29(9-11-30)13-17-14-31(25(33)36-17)16-2-4-21-19(12-16)27-22(32)15-35-21/h2-7,12,17H,8-11,13-15H2,1H3,(H,27,32). The molecule has 3 aromatic rings. The van der Waals surface area contributed by atoms with Gasteiger partial charge in [-0.25, -0.2) is 9.78 Å². The minimum Gasteiger partial charge on any atom is -0.482 e. The van der Waals surface area contributed by atoms with E-state index >= 15 is 0 Å². The molecule has 2 aromatic heterocycles. The number of pyridine rings is 2. The quantitative estimate of drug-likeness (QED) is 0.575. The number of amides is 2. The number of piperazine rings is 1. The Morgan fingerprint density at radius 1 is 1.11 bits per heavy atom. The Morgan fingerprint density at radius 3 is 2.81 bits per heavy atom. The second kappa shape index (κ2) is 9.15. The van der Waals surface area contributed by atoms with Gasteiger partial charge in [-0.05, 0) is 30.3 Å². The Morgan fingerprint density at radius 2 is 1.97 bits per heavy atom. The molecule has 2 fully saturated rings. The highest BCUT2D eigenvalue weighted by molar-refractivity contribution is 5.97. The molecule has 0 aliphatic carbocycles. The fraction of sp³-hybridized carbons (Fsp3) is 0.360. The van der Waals surface area contributed by atoms with Crippen LogP contribution >= 0.6 is 0 Å². The van der Waals surface area contributed by atoms with Crippen molar-refractivity contribution in [1.29, 1.82) is 0 Å². The highest BCUT2D eigenvalue weighted by Gasteiger charge is 2.35. The molecule has 5 heterocycles. The molecule has 2 amide bonds. The number of methoxy groups -OCH3 is 1. The molecule has 11 heteroatoms. The molecule has 1 atom stereocenters. The van der Waals surface area contributed by atoms with Gasteiger partial charge in [0.15, 0.2) is 6.61 Å². The van der Waals surface area contributed by atoms with Crippen LogP contribution in [0.3, 0.4) is 0 Å². The fourth-order valence-electron chi connectivity index (χ4n) is 4.89. The minimum atomic E-state index is -0.384. The Bertz CT molecular complexity index is 1330. The van der Waals surface area contributed by atoms with Gasteiger partial charge >= 0.3 is 6.09 Å². The first-order valence-corrected chi connectivity index (χ1v) is 11.9. The van der Waals surface area contributed by atoms with E-state index in [1.807, 2.05) is 24.4 Å². The number of benzene rings is 1. The number of nitrogens with zero attached hydrogens (tertiary/aromatic N) is 5. The predicted octanol–water partition coefficient (Wildman–Crippen LogP) is 2.12. The van der Waals surface area contributed by atoms with E-state index in [1.165, 1.54) is 0 Å². The zero-order chi connectivity index (χ0) is 24.6. The fourth-order valence-corrected chi connectivity index (χ4v) is 4.89. The average molecular weight is 491 g/mol. The van der Waals surface area contributed by atoms with Gasteiger partial charge in [-0.1, -0.05) is 0 Å². The number of cyclic esters (lactones) is 1. The van der Waals surface area contributed by atoms with Crippen molar-refractivity contribution in [2.75, 3.05) is 68.1 Å². The van der Waals surface area contributed by atoms with Crippen molar-refractivity contribution in [3.63, 3.8) is 0 Å². The first kappa shape index (κ1) is 22.4. The third-order valence-corrected chi connectivity index (χ3v) is 6.70. The molecule has 186 valence electrons. The second-order valence-corrected chi connectivity index (χ2v) is 8.97. The van der Waals surface area contributed by atoms with Crippen LogP contribution in [0.25, 0.3) is 11.0 Å². The molecule has 0 spiro atoms. The van der Waals surface area contributed by atoms with Gasteiger partial charge in [-0.2, -0.15) is 0 Å². The summed E-state index contributed by atoms with van der Waals surface area (Å²) in [5.41, 5.74) is 3.94. The van der Waals surface area contributed by atoms with Crippen LogP contribution in [-0.4, -0.2) is 86.0 Å². The molecule has 1 N–H and O–H groups in total. The monoisotopic (exact) mass is 490 g/mol. The maximum Gasteiger partial charge on any atom is 0.414 e. The van der Waals surface area contributed by atoms with E-state index in [-0.39, 0.29) is 24.7 Å². The molecular formula is C25H26N6O5. The highest BCUT2D eigenvalue weighted by Crippen LogP contribution is 2.34. The summed E-state index contributed by atoms with van der Waals surface area (Å²) in [7, 11) is 1.61. The third-order valence-electron chi connectivity index (χ3n) is 6.70. The highest BCUT2D eigenvalue weighted by atomic mass is 16.6. The van der Waals surface area contributed by atoms with Crippen LogP contribution in [-0.2, 0) is 9.53 Å². The van der Waals surface area contributed by atoms with Gasteiger partial charge in [0.25, 0.3) is 5.91 Å². The summed E-state index contributed by atoms with van der Waals surface area (Å²) in [4.78, 5) is 39.5. The molecule has 2 saturated heterocycles. The summed E-state index contributed by atoms with van der Waals surface area (Å²) in [6, 6.07) is 11.0. The molecule has 0 bridgehead atoms. The number of aromatic nitrogens is 2. The molecule has 6 rings (SSSR count). The maximum atomic E-state index is 12.6. The molecule has 3 aliphatic rings. The van der Waals surface area contributed by atoms with E-state index in [4.69, 9.17) is 14.2 Å². The molecule has 1 aromatic carbocycles. The Hall–Kier alpha value is -4.12. The van der Waals surface area contributed by atoms with Crippen molar-refractivity contribution in [2.45, 2.75) is 6.10 Å². The first-order valence-electron chi connectivity index (χ1n) is 11.9. The summed E-state index contributed by atoms with van der Waals surface area (Å²) in [5, 5.41) is 2.78. The normalized spacial score (nSPS) is 20.1. The van der Waals surface area contributed by atoms with Crippen LogP contribution in [0.15, 0.2) is 42.6 Å². The van der Waals surface area contributed by atoms with Crippen molar-refractivity contribution in [3.8, 4) is 11.6 Å². The molecule has 11 nitrogen and oxygen atoms in total. The van der Waals surface area contributed by atoms with Gasteiger partial charge in [0.2, 0.25) is 5.88 Å². The number of nitrogens with one attached hydrogen (secondary N) is 1. The summed E-state index contributed by atoms with van der Waals surface area (Å²) in [5.74, 6) is 0.947. The Balaban J connectivity index is 1.08. The number of fused-ring (bicyclic) bond motifs is 2. The summed E-state index contributed by atoms with van der Waals surface area (Å²) < 4.78 is 16.4. The third kappa shape index (κ3) is 4.22. The molecule has 1 unspecified atom stereocenters. The number of anilines is 3. The minimum absolute atomic E-state index is 0.00443. The number of hydrogen-bond acceptors (Lipinski definition) is 9. The SMILES string of the molecule is COc1ccc2nccc(N3CCN(CC4CN(c5ccc6c(c5)NC(=O)CO6)C(=O)O4)CC3)c2n1. The number of carbonyl (C=O) groups excluding carboxylic acids is 2. The summed E-state index contributed by atoms with van der Waals surface area (Å²) >= 11 is 0. The van der Waals surface area contributed by atoms with Crippen molar-refractivity contribution >= 4 is 40.1 Å². The van der Waals surface area contributed by atoms with Crippen LogP contribution in [0, 0.1) is 0 Å². The van der Waals surface area contributed by atoms with Gasteiger partial charge in [0.1, 0.15) is 17.4 Å². The molecule has 36 heavy (non-hydrogen) atoms. The Kier molecular flexibility index (Phi) is 5.68. The van der Waals surface area contributed by atoms with Crippen molar-refractivity contribution in [2.24, 2.45) is 0 Å². The van der Waals surface area contributed by atoms with E-state index in [2.05, 4.69) is 25.1 Å². The molecule has 0 saturated carbocycles. The first-order chi connectivity index (χ1) is 17.6. The lowest BCUT2D eigenvalue weighted by molar-refractivity contribution is -0.118. The van der Waals surface area contributed by atoms with Crippen LogP contribution in [0.4, 0.5) is 21.9 Å². The van der Waals surface area contributed by atoms with Crippen LogP contribution in [0.1, 0.15) is 0 Å². The van der Waals surface area contributed by atoms with E-state index in [1.54, 1.807) is 30.2 Å². The molecular weight excluding hydrogens is 464 g/mol. The average Bonchev–Trinajstić information content (AvgIpc) is 3.27. The van der Waals surface area contributed by atoms with E-state index < -0.39 is 0 Å². The smallest absolute Gasteiger partial charge is 0.414 e. The number of hydrogen-bond donors (Lipinski definition) is 1. The van der Waals surface area contributed by atoms with E-state index in [9.17, 15) is 9.59 Å². The zero-order valence-electron chi connectivity index (χ0n) is 19.8. The van der Waals surface area contributed by atoms with Crippen LogP contribution in [0.5, 0.6) is 11.6 Å². The van der Waals surface area contributed by atoms with E-state index in [0.29, 0.717) is 36.1 Å². The predicted molar refractivity (Wildman–Crippen MR) is 133 cm³/mol. The second-order valence-electron chi connectivity index (χ2n) is 8.97. The van der Waals surface area contributed by atoms with Gasteiger partial charge in [0.05, 0.1) is 30.5 Å². The van der Waals surface area contributed by atoms with Crippen LogP contribution in [0.2, 0.25) is 0 Å². The van der Waals surface area contributed by atoms with Crippen molar-refractivity contribution in [3.05, 3.63) is 42.6 Å². The van der Waals surface area contributed by atoms with Crippen molar-refractivity contribution in [1.82, 2.24) is 14.9 Å². The van der Waals surface area contributed by atoms with E-state index in [0.717, 1.165) is 42.9 Å². The lowest BCUT2D eigenvalue weighted by Crippen LogP contribution is -2.49. The maximum absolute atomic E-state index is 12.6. The van der Waals surface area contributed by atoms with Gasteiger partial charge < -0.3 is 24.4 Å². The number of rotatable bonds is 5. The Labute approximate surface area is 207 Å². The largest absolute Gasteiger partial charge is 0.482 e. The lowest BCUT2D eigenvalue weighted by Gasteiger charge is -2.36. The van der Waals surface area contributed by atoms with Crippen molar-refractivity contribution < 1.29 is 23.8 Å². The lowest BCUT2D eigenvalue weighted by atomic mass is 10.2. The topological polar surface area (TPSA) is 109 Å².